The summed E-state index contributed by atoms with van der Waals surface area (Å²) in [7, 11) is -0.266. The maximum atomic E-state index is 11.0. The van der Waals surface area contributed by atoms with Crippen molar-refractivity contribution in [3.63, 3.8) is 0 Å². The van der Waals surface area contributed by atoms with Gasteiger partial charge in [0.05, 0.1) is 17.1 Å². The maximum absolute atomic E-state index is 11.0. The van der Waals surface area contributed by atoms with E-state index in [9.17, 15) is 4.79 Å². The summed E-state index contributed by atoms with van der Waals surface area (Å²) >= 11 is 0. The van der Waals surface area contributed by atoms with Gasteiger partial charge in [-0.2, -0.15) is 0 Å². The Bertz CT molecular complexity index is 506. The first kappa shape index (κ1) is 16.1. The molecule has 0 aromatic heterocycles. The van der Waals surface area contributed by atoms with Crippen molar-refractivity contribution < 1.29 is 19.2 Å². The van der Waals surface area contributed by atoms with Crippen molar-refractivity contribution in [1.29, 1.82) is 0 Å². The van der Waals surface area contributed by atoms with Gasteiger partial charge in [0.1, 0.15) is 0 Å². The second kappa shape index (κ2) is 5.46. The summed E-state index contributed by atoms with van der Waals surface area (Å²) in [5.74, 6) is -1.30. The Morgan fingerprint density at radius 3 is 2.05 bits per heavy atom. The van der Waals surface area contributed by atoms with Crippen LogP contribution in [0.5, 0.6) is 0 Å². The fourth-order valence-corrected chi connectivity index (χ4v) is 2.33. The molecule has 0 spiro atoms. The standard InChI is InChI=1S/C16H23BO4/c1-11(14(18)19)13-8-6-12(7-9-13)10-17-20-15(2,3)16(4,5)21-17/h6-9,11H,10H2,1-5H3,(H,18,19). The predicted molar refractivity (Wildman–Crippen MR) is 82.3 cm³/mol. The molecule has 1 saturated heterocycles. The van der Waals surface area contributed by atoms with E-state index < -0.39 is 11.9 Å². The van der Waals surface area contributed by atoms with Crippen LogP contribution in [-0.2, 0) is 20.4 Å². The molecule has 0 amide bonds. The van der Waals surface area contributed by atoms with Crippen LogP contribution in [0.25, 0.3) is 0 Å². The second-order valence-electron chi connectivity index (χ2n) is 6.69. The average Bonchev–Trinajstić information content (AvgIpc) is 2.57. The van der Waals surface area contributed by atoms with Crippen molar-refractivity contribution in [2.45, 2.75) is 58.1 Å². The van der Waals surface area contributed by atoms with Crippen LogP contribution < -0.4 is 0 Å². The Kier molecular flexibility index (Phi) is 4.18. The summed E-state index contributed by atoms with van der Waals surface area (Å²) < 4.78 is 11.9. The van der Waals surface area contributed by atoms with Crippen molar-refractivity contribution in [2.75, 3.05) is 0 Å². The van der Waals surface area contributed by atoms with Crippen molar-refractivity contribution in [3.8, 4) is 0 Å². The van der Waals surface area contributed by atoms with Crippen molar-refractivity contribution >= 4 is 13.1 Å². The summed E-state index contributed by atoms with van der Waals surface area (Å²) in [6, 6.07) is 7.61. The molecule has 0 aliphatic carbocycles. The highest BCUT2D eigenvalue weighted by molar-refractivity contribution is 6.45. The van der Waals surface area contributed by atoms with Gasteiger partial charge in [0.2, 0.25) is 0 Å². The van der Waals surface area contributed by atoms with E-state index in [1.54, 1.807) is 6.92 Å². The number of carbonyl (C=O) groups is 1. The molecule has 5 heteroatoms. The molecule has 0 bridgehead atoms. The zero-order valence-corrected chi connectivity index (χ0v) is 13.3. The third-order valence-corrected chi connectivity index (χ3v) is 4.55. The fourth-order valence-electron chi connectivity index (χ4n) is 2.33. The average molecular weight is 290 g/mol. The van der Waals surface area contributed by atoms with Gasteiger partial charge in [-0.3, -0.25) is 4.79 Å². The lowest BCUT2D eigenvalue weighted by molar-refractivity contribution is -0.138. The highest BCUT2D eigenvalue weighted by Gasteiger charge is 2.50. The van der Waals surface area contributed by atoms with E-state index >= 15 is 0 Å². The summed E-state index contributed by atoms with van der Waals surface area (Å²) in [6.45, 7) is 9.82. The molecule has 1 fully saturated rings. The predicted octanol–water partition coefficient (Wildman–Crippen LogP) is 3.05. The molecule has 1 N–H and O–H groups in total. The molecule has 4 nitrogen and oxygen atoms in total. The molecule has 1 aromatic carbocycles. The smallest absolute Gasteiger partial charge is 0.462 e. The van der Waals surface area contributed by atoms with Crippen LogP contribution in [0.4, 0.5) is 0 Å². The number of aliphatic carboxylic acids is 1. The minimum atomic E-state index is -0.811. The minimum Gasteiger partial charge on any atom is -0.481 e. The number of rotatable bonds is 4. The molecular weight excluding hydrogens is 267 g/mol. The van der Waals surface area contributed by atoms with Crippen LogP contribution in [0.3, 0.4) is 0 Å². The molecule has 1 heterocycles. The molecular formula is C16H23BO4. The largest absolute Gasteiger partial charge is 0.481 e. The maximum Gasteiger partial charge on any atom is 0.462 e. The van der Waals surface area contributed by atoms with Gasteiger partial charge in [0.25, 0.3) is 0 Å². The van der Waals surface area contributed by atoms with E-state index in [1.807, 2.05) is 52.0 Å². The first-order chi connectivity index (χ1) is 9.62. The highest BCUT2D eigenvalue weighted by Crippen LogP contribution is 2.37. The molecule has 1 aliphatic heterocycles. The third kappa shape index (κ3) is 3.30. The fraction of sp³-hybridized carbons (Fsp3) is 0.562. The molecule has 1 aliphatic rings. The van der Waals surface area contributed by atoms with Crippen LogP contribution >= 0.6 is 0 Å². The molecule has 2 rings (SSSR count). The molecule has 0 saturated carbocycles. The zero-order valence-electron chi connectivity index (χ0n) is 13.3. The zero-order chi connectivity index (χ0) is 15.8. The minimum absolute atomic E-state index is 0.266. The van der Waals surface area contributed by atoms with Gasteiger partial charge >= 0.3 is 13.1 Å². The van der Waals surface area contributed by atoms with Crippen LogP contribution in [0.1, 0.15) is 51.7 Å². The van der Waals surface area contributed by atoms with E-state index in [0.717, 1.165) is 11.1 Å². The monoisotopic (exact) mass is 290 g/mol. The Morgan fingerprint density at radius 2 is 1.62 bits per heavy atom. The van der Waals surface area contributed by atoms with E-state index in [-0.39, 0.29) is 18.3 Å². The Morgan fingerprint density at radius 1 is 1.14 bits per heavy atom. The van der Waals surface area contributed by atoms with E-state index in [4.69, 9.17) is 14.4 Å². The lowest BCUT2D eigenvalue weighted by Gasteiger charge is -2.32. The lowest BCUT2D eigenvalue weighted by Crippen LogP contribution is -2.41. The van der Waals surface area contributed by atoms with Gasteiger partial charge in [-0.25, -0.2) is 0 Å². The van der Waals surface area contributed by atoms with E-state index in [0.29, 0.717) is 6.32 Å². The van der Waals surface area contributed by atoms with E-state index in [2.05, 4.69) is 0 Å². The Labute approximate surface area is 126 Å². The lowest BCUT2D eigenvalue weighted by atomic mass is 9.80. The van der Waals surface area contributed by atoms with Gasteiger partial charge in [0.15, 0.2) is 0 Å². The van der Waals surface area contributed by atoms with Crippen molar-refractivity contribution in [1.82, 2.24) is 0 Å². The van der Waals surface area contributed by atoms with E-state index in [1.165, 1.54) is 0 Å². The van der Waals surface area contributed by atoms with Gasteiger partial charge < -0.3 is 14.4 Å². The van der Waals surface area contributed by atoms with Crippen LogP contribution in [0, 0.1) is 0 Å². The number of benzene rings is 1. The summed E-state index contributed by atoms with van der Waals surface area (Å²) in [5.41, 5.74) is 1.24. The molecule has 21 heavy (non-hydrogen) atoms. The van der Waals surface area contributed by atoms with Gasteiger partial charge in [-0.1, -0.05) is 24.3 Å². The SMILES string of the molecule is CC(C(=O)O)c1ccc(CB2OC(C)(C)C(C)(C)O2)cc1. The molecule has 1 aromatic rings. The number of carboxylic acid groups (broad SMARTS) is 1. The number of hydrogen-bond acceptors (Lipinski definition) is 3. The topological polar surface area (TPSA) is 55.8 Å². The second-order valence-corrected chi connectivity index (χ2v) is 6.69. The third-order valence-electron chi connectivity index (χ3n) is 4.55. The summed E-state index contributed by atoms with van der Waals surface area (Å²) in [5, 5.41) is 9.01. The van der Waals surface area contributed by atoms with Crippen molar-refractivity contribution in [3.05, 3.63) is 35.4 Å². The normalized spacial score (nSPS) is 21.3. The van der Waals surface area contributed by atoms with Crippen LogP contribution in [0.15, 0.2) is 24.3 Å². The van der Waals surface area contributed by atoms with Gasteiger partial charge in [0, 0.05) is 6.32 Å². The van der Waals surface area contributed by atoms with Gasteiger partial charge in [-0.05, 0) is 45.7 Å². The summed E-state index contributed by atoms with van der Waals surface area (Å²) in [4.78, 5) is 11.0. The quantitative estimate of drug-likeness (QED) is 0.866. The highest BCUT2D eigenvalue weighted by atomic mass is 16.7. The molecule has 0 radical (unpaired) electrons. The molecule has 114 valence electrons. The summed E-state index contributed by atoms with van der Waals surface area (Å²) in [6.07, 6.45) is 0.661. The Balaban J connectivity index is 2.04. The van der Waals surface area contributed by atoms with Crippen molar-refractivity contribution in [2.24, 2.45) is 0 Å². The van der Waals surface area contributed by atoms with Gasteiger partial charge in [-0.15, -0.1) is 0 Å². The van der Waals surface area contributed by atoms with Crippen LogP contribution in [0.2, 0.25) is 0 Å². The molecule has 1 unspecified atom stereocenters. The molecule has 1 atom stereocenters. The van der Waals surface area contributed by atoms with Crippen LogP contribution in [-0.4, -0.2) is 29.4 Å². The number of carboxylic acids is 1. The number of hydrogen-bond donors (Lipinski definition) is 1. The Hall–Kier alpha value is -1.33. The first-order valence-electron chi connectivity index (χ1n) is 7.30. The first-order valence-corrected chi connectivity index (χ1v) is 7.30.